The van der Waals surface area contributed by atoms with Gasteiger partial charge in [0.05, 0.1) is 28.8 Å². The third kappa shape index (κ3) is 4.57. The maximum absolute atomic E-state index is 13.1. The van der Waals surface area contributed by atoms with Gasteiger partial charge in [0.1, 0.15) is 17.3 Å². The number of nitrogens with zero attached hydrogens (tertiary/aromatic N) is 1. The first-order chi connectivity index (χ1) is 11.8. The Labute approximate surface area is 147 Å². The highest BCUT2D eigenvalue weighted by molar-refractivity contribution is 6.30. The van der Waals surface area contributed by atoms with Crippen molar-refractivity contribution in [2.75, 3.05) is 12.4 Å². The lowest BCUT2D eigenvalue weighted by Gasteiger charge is -2.16. The second-order valence-electron chi connectivity index (χ2n) is 4.97. The average Bonchev–Trinajstić information content (AvgIpc) is 2.58. The van der Waals surface area contributed by atoms with Crippen LogP contribution in [0.25, 0.3) is 0 Å². The zero-order valence-electron chi connectivity index (χ0n) is 13.3. The van der Waals surface area contributed by atoms with Crippen molar-refractivity contribution in [3.63, 3.8) is 0 Å². The Bertz CT molecular complexity index is 815. The Morgan fingerprint density at radius 1 is 1.32 bits per heavy atom. The first-order valence-electron chi connectivity index (χ1n) is 7.07. The van der Waals surface area contributed by atoms with Gasteiger partial charge in [-0.25, -0.2) is 4.39 Å². The molecule has 0 aliphatic heterocycles. The van der Waals surface area contributed by atoms with Gasteiger partial charge in [0.15, 0.2) is 6.10 Å². The zero-order chi connectivity index (χ0) is 18.6. The highest BCUT2D eigenvalue weighted by atomic mass is 35.5. The number of nitro benzene ring substituents is 1. The molecule has 9 heteroatoms. The fourth-order valence-corrected chi connectivity index (χ4v) is 2.11. The van der Waals surface area contributed by atoms with Crippen molar-refractivity contribution in [3.8, 4) is 11.5 Å². The lowest BCUT2D eigenvalue weighted by atomic mass is 10.2. The van der Waals surface area contributed by atoms with Gasteiger partial charge in [0.25, 0.3) is 11.6 Å². The van der Waals surface area contributed by atoms with Crippen LogP contribution in [0.5, 0.6) is 11.5 Å². The van der Waals surface area contributed by atoms with Gasteiger partial charge in [-0.1, -0.05) is 11.6 Å². The summed E-state index contributed by atoms with van der Waals surface area (Å²) in [5.74, 6) is -0.751. The minimum Gasteiger partial charge on any atom is -0.494 e. The summed E-state index contributed by atoms with van der Waals surface area (Å²) in [6, 6.07) is 7.52. The first kappa shape index (κ1) is 18.5. The number of hydrogen-bond acceptors (Lipinski definition) is 5. The molecule has 0 aliphatic rings. The third-order valence-electron chi connectivity index (χ3n) is 3.23. The van der Waals surface area contributed by atoms with Gasteiger partial charge >= 0.3 is 0 Å². The molecule has 1 amide bonds. The summed E-state index contributed by atoms with van der Waals surface area (Å²) in [6.07, 6.45) is -0.929. The number of ether oxygens (including phenoxy) is 2. The van der Waals surface area contributed by atoms with Crippen molar-refractivity contribution in [2.45, 2.75) is 13.0 Å². The molecular formula is C16H14ClFN2O5. The Balaban J connectivity index is 2.10. The summed E-state index contributed by atoms with van der Waals surface area (Å²) in [7, 11) is 1.33. The van der Waals surface area contributed by atoms with Gasteiger partial charge in [0, 0.05) is 12.1 Å². The van der Waals surface area contributed by atoms with Gasteiger partial charge in [-0.05, 0) is 25.1 Å². The second kappa shape index (κ2) is 7.80. The summed E-state index contributed by atoms with van der Waals surface area (Å²) < 4.78 is 23.6. The van der Waals surface area contributed by atoms with Crippen LogP contribution in [0.15, 0.2) is 36.4 Å². The number of carbonyl (C=O) groups is 1. The molecule has 0 aromatic heterocycles. The topological polar surface area (TPSA) is 90.7 Å². The second-order valence-corrected chi connectivity index (χ2v) is 5.37. The van der Waals surface area contributed by atoms with Crippen LogP contribution in [0.4, 0.5) is 15.8 Å². The average molecular weight is 369 g/mol. The van der Waals surface area contributed by atoms with Gasteiger partial charge in [-0.3, -0.25) is 14.9 Å². The Morgan fingerprint density at radius 2 is 2.04 bits per heavy atom. The van der Waals surface area contributed by atoms with Crippen LogP contribution in [-0.4, -0.2) is 24.0 Å². The molecule has 0 aliphatic carbocycles. The highest BCUT2D eigenvalue weighted by Crippen LogP contribution is 2.29. The molecule has 0 spiro atoms. The molecule has 0 heterocycles. The van der Waals surface area contributed by atoms with Crippen LogP contribution in [0.2, 0.25) is 5.02 Å². The van der Waals surface area contributed by atoms with E-state index in [9.17, 15) is 19.3 Å². The molecule has 1 atom stereocenters. The zero-order valence-corrected chi connectivity index (χ0v) is 14.0. The monoisotopic (exact) mass is 368 g/mol. The maximum atomic E-state index is 13.1. The molecule has 25 heavy (non-hydrogen) atoms. The van der Waals surface area contributed by atoms with E-state index in [1.165, 1.54) is 44.4 Å². The van der Waals surface area contributed by atoms with Crippen LogP contribution < -0.4 is 14.8 Å². The van der Waals surface area contributed by atoms with E-state index in [2.05, 4.69) is 5.32 Å². The number of methoxy groups -OCH3 is 1. The Hall–Kier alpha value is -2.87. The van der Waals surface area contributed by atoms with E-state index in [0.29, 0.717) is 0 Å². The van der Waals surface area contributed by atoms with E-state index in [1.807, 2.05) is 0 Å². The molecule has 2 aromatic rings. The van der Waals surface area contributed by atoms with E-state index >= 15 is 0 Å². The quantitative estimate of drug-likeness (QED) is 0.618. The molecule has 2 aromatic carbocycles. The number of non-ortho nitro benzene ring substituents is 1. The molecule has 1 N–H and O–H groups in total. The Morgan fingerprint density at radius 3 is 2.64 bits per heavy atom. The van der Waals surface area contributed by atoms with Crippen LogP contribution >= 0.6 is 11.6 Å². The van der Waals surface area contributed by atoms with E-state index in [-0.39, 0.29) is 27.9 Å². The van der Waals surface area contributed by atoms with Crippen molar-refractivity contribution >= 4 is 28.9 Å². The lowest BCUT2D eigenvalue weighted by molar-refractivity contribution is -0.384. The van der Waals surface area contributed by atoms with E-state index < -0.39 is 22.8 Å². The largest absolute Gasteiger partial charge is 0.494 e. The van der Waals surface area contributed by atoms with Crippen LogP contribution in [0, 0.1) is 15.9 Å². The van der Waals surface area contributed by atoms with Crippen molar-refractivity contribution in [1.82, 2.24) is 0 Å². The van der Waals surface area contributed by atoms with Gasteiger partial charge < -0.3 is 14.8 Å². The number of amides is 1. The number of carbonyl (C=O) groups excluding carboxylic acids is 1. The first-order valence-corrected chi connectivity index (χ1v) is 7.44. The van der Waals surface area contributed by atoms with Crippen LogP contribution in [0.1, 0.15) is 6.92 Å². The predicted octanol–water partition coefficient (Wildman–Crippen LogP) is 3.80. The fraction of sp³-hybridized carbons (Fsp3) is 0.188. The number of anilines is 1. The lowest BCUT2D eigenvalue weighted by Crippen LogP contribution is -2.30. The molecule has 0 bridgehead atoms. The number of nitro groups is 1. The normalized spacial score (nSPS) is 11.5. The number of hydrogen-bond donors (Lipinski definition) is 1. The molecule has 0 fully saturated rings. The molecule has 0 saturated heterocycles. The van der Waals surface area contributed by atoms with Crippen molar-refractivity contribution < 1.29 is 23.6 Å². The predicted molar refractivity (Wildman–Crippen MR) is 89.8 cm³/mol. The molecule has 7 nitrogen and oxygen atoms in total. The van der Waals surface area contributed by atoms with Crippen molar-refractivity contribution in [1.29, 1.82) is 0 Å². The van der Waals surface area contributed by atoms with E-state index in [1.54, 1.807) is 0 Å². The van der Waals surface area contributed by atoms with Crippen LogP contribution in [0.3, 0.4) is 0 Å². The molecule has 0 saturated carbocycles. The van der Waals surface area contributed by atoms with Crippen molar-refractivity contribution in [3.05, 3.63) is 57.4 Å². The summed E-state index contributed by atoms with van der Waals surface area (Å²) >= 11 is 5.66. The molecule has 132 valence electrons. The van der Waals surface area contributed by atoms with Crippen molar-refractivity contribution in [2.24, 2.45) is 0 Å². The minimum absolute atomic E-state index is 0.123. The van der Waals surface area contributed by atoms with E-state index in [0.717, 1.165) is 6.07 Å². The number of rotatable bonds is 6. The molecule has 0 radical (unpaired) electrons. The number of benzene rings is 2. The highest BCUT2D eigenvalue weighted by Gasteiger charge is 2.19. The summed E-state index contributed by atoms with van der Waals surface area (Å²) in [5, 5.41) is 13.2. The third-order valence-corrected chi connectivity index (χ3v) is 3.52. The maximum Gasteiger partial charge on any atom is 0.273 e. The molecular weight excluding hydrogens is 355 g/mol. The molecule has 2 rings (SSSR count). The summed E-state index contributed by atoms with van der Waals surface area (Å²) in [6.45, 7) is 1.49. The van der Waals surface area contributed by atoms with Crippen LogP contribution in [-0.2, 0) is 4.79 Å². The minimum atomic E-state index is -0.929. The smallest absolute Gasteiger partial charge is 0.273 e. The summed E-state index contributed by atoms with van der Waals surface area (Å²) in [5.41, 5.74) is 0.0887. The standard InChI is InChI=1S/C16H14ClFN2O5/c1-9(25-11-4-5-13(18)12(17)8-11)16(21)19-14-6-3-10(20(22)23)7-15(14)24-2/h3-9H,1-2H3,(H,19,21)/t9-/m0/s1. The number of nitrogens with one attached hydrogen (secondary N) is 1. The van der Waals surface area contributed by atoms with Gasteiger partial charge in [-0.15, -0.1) is 0 Å². The molecule has 0 unspecified atom stereocenters. The fourth-order valence-electron chi connectivity index (χ4n) is 1.94. The van der Waals surface area contributed by atoms with E-state index in [4.69, 9.17) is 21.1 Å². The van der Waals surface area contributed by atoms with Gasteiger partial charge in [-0.2, -0.15) is 0 Å². The van der Waals surface area contributed by atoms with Gasteiger partial charge in [0.2, 0.25) is 0 Å². The summed E-state index contributed by atoms with van der Waals surface area (Å²) in [4.78, 5) is 22.4. The number of halogens is 2. The Kier molecular flexibility index (Phi) is 5.76. The SMILES string of the molecule is COc1cc([N+](=O)[O-])ccc1NC(=O)[C@H](C)Oc1ccc(F)c(Cl)c1.